The number of rotatable bonds is 4. The lowest BCUT2D eigenvalue weighted by molar-refractivity contribution is 0.100. The molecule has 1 aliphatic heterocycles. The van der Waals surface area contributed by atoms with Gasteiger partial charge < -0.3 is 16.0 Å². The summed E-state index contributed by atoms with van der Waals surface area (Å²) in [6.07, 6.45) is 2.39. The van der Waals surface area contributed by atoms with E-state index in [1.807, 2.05) is 25.2 Å². The standard InChI is InChI=1S/C14H21N3O/c1-17(10-11-6-8-16-9-7-11)13-5-3-2-4-12(13)14(15)18/h2-5,11,16H,6-10H2,1H3,(H2,15,18). The normalized spacial score (nSPS) is 16.5. The van der Waals surface area contributed by atoms with E-state index >= 15 is 0 Å². The van der Waals surface area contributed by atoms with Gasteiger partial charge in [0.25, 0.3) is 5.91 Å². The molecule has 1 saturated heterocycles. The van der Waals surface area contributed by atoms with E-state index in [1.54, 1.807) is 6.07 Å². The first-order valence-electron chi connectivity index (χ1n) is 6.49. The molecule has 1 fully saturated rings. The molecule has 0 atom stereocenters. The monoisotopic (exact) mass is 247 g/mol. The molecule has 4 heteroatoms. The molecule has 0 saturated carbocycles. The van der Waals surface area contributed by atoms with Crippen molar-refractivity contribution in [2.75, 3.05) is 31.6 Å². The summed E-state index contributed by atoms with van der Waals surface area (Å²) >= 11 is 0. The van der Waals surface area contributed by atoms with Crippen molar-refractivity contribution in [1.82, 2.24) is 5.32 Å². The van der Waals surface area contributed by atoms with Crippen molar-refractivity contribution >= 4 is 11.6 Å². The molecule has 1 aromatic carbocycles. The summed E-state index contributed by atoms with van der Waals surface area (Å²) in [6, 6.07) is 7.54. The lowest BCUT2D eigenvalue weighted by atomic mass is 9.97. The second-order valence-electron chi connectivity index (χ2n) is 4.96. The van der Waals surface area contributed by atoms with Crippen molar-refractivity contribution in [3.05, 3.63) is 29.8 Å². The lowest BCUT2D eigenvalue weighted by Gasteiger charge is -2.29. The Morgan fingerprint density at radius 1 is 1.39 bits per heavy atom. The summed E-state index contributed by atoms with van der Waals surface area (Å²) in [5, 5.41) is 3.36. The number of piperidine rings is 1. The molecule has 1 aliphatic rings. The van der Waals surface area contributed by atoms with E-state index in [0.717, 1.165) is 25.3 Å². The fraction of sp³-hybridized carbons (Fsp3) is 0.500. The average molecular weight is 247 g/mol. The molecule has 0 bridgehead atoms. The maximum atomic E-state index is 11.4. The number of anilines is 1. The van der Waals surface area contributed by atoms with E-state index in [2.05, 4.69) is 10.2 Å². The predicted octanol–water partition coefficient (Wildman–Crippen LogP) is 1.22. The third kappa shape index (κ3) is 3.01. The molecule has 0 aromatic heterocycles. The van der Waals surface area contributed by atoms with E-state index in [4.69, 9.17) is 5.73 Å². The van der Waals surface area contributed by atoms with Gasteiger partial charge in [0, 0.05) is 19.3 Å². The lowest BCUT2D eigenvalue weighted by Crippen LogP contribution is -2.35. The Morgan fingerprint density at radius 2 is 2.06 bits per heavy atom. The van der Waals surface area contributed by atoms with Crippen LogP contribution in [0.2, 0.25) is 0 Å². The van der Waals surface area contributed by atoms with Gasteiger partial charge in [0.05, 0.1) is 5.56 Å². The van der Waals surface area contributed by atoms with E-state index in [9.17, 15) is 4.79 Å². The van der Waals surface area contributed by atoms with E-state index in [1.165, 1.54) is 12.8 Å². The second-order valence-corrected chi connectivity index (χ2v) is 4.96. The minimum atomic E-state index is -0.359. The van der Waals surface area contributed by atoms with Crippen LogP contribution in [0.1, 0.15) is 23.2 Å². The van der Waals surface area contributed by atoms with Crippen molar-refractivity contribution in [2.24, 2.45) is 11.7 Å². The van der Waals surface area contributed by atoms with Crippen molar-refractivity contribution in [2.45, 2.75) is 12.8 Å². The summed E-state index contributed by atoms with van der Waals surface area (Å²) < 4.78 is 0. The summed E-state index contributed by atoms with van der Waals surface area (Å²) in [4.78, 5) is 13.6. The van der Waals surface area contributed by atoms with Gasteiger partial charge in [0.2, 0.25) is 0 Å². The number of carbonyl (C=O) groups excluding carboxylic acids is 1. The molecule has 3 N–H and O–H groups in total. The number of nitrogens with two attached hydrogens (primary N) is 1. The maximum absolute atomic E-state index is 11.4. The van der Waals surface area contributed by atoms with Crippen LogP contribution in [0.5, 0.6) is 0 Å². The van der Waals surface area contributed by atoms with Crippen LogP contribution in [0, 0.1) is 5.92 Å². The zero-order valence-electron chi connectivity index (χ0n) is 10.9. The first kappa shape index (κ1) is 12.9. The van der Waals surface area contributed by atoms with Crippen LogP contribution in [0.3, 0.4) is 0 Å². The summed E-state index contributed by atoms with van der Waals surface area (Å²) in [7, 11) is 2.03. The molecule has 1 amide bonds. The Morgan fingerprint density at radius 3 is 2.72 bits per heavy atom. The maximum Gasteiger partial charge on any atom is 0.250 e. The Hall–Kier alpha value is -1.55. The van der Waals surface area contributed by atoms with Gasteiger partial charge in [-0.1, -0.05) is 12.1 Å². The minimum Gasteiger partial charge on any atom is -0.374 e. The van der Waals surface area contributed by atoms with Crippen LogP contribution >= 0.6 is 0 Å². The predicted molar refractivity (Wildman–Crippen MR) is 73.8 cm³/mol. The number of hydrogen-bond donors (Lipinski definition) is 2. The molecule has 98 valence electrons. The van der Waals surface area contributed by atoms with Gasteiger partial charge >= 0.3 is 0 Å². The smallest absolute Gasteiger partial charge is 0.250 e. The summed E-state index contributed by atoms with van der Waals surface area (Å²) in [6.45, 7) is 3.16. The molecule has 0 unspecified atom stereocenters. The van der Waals surface area contributed by atoms with E-state index in [-0.39, 0.29) is 5.91 Å². The van der Waals surface area contributed by atoms with Crippen molar-refractivity contribution in [3.8, 4) is 0 Å². The number of para-hydroxylation sites is 1. The van der Waals surface area contributed by atoms with Gasteiger partial charge in [-0.3, -0.25) is 4.79 Å². The van der Waals surface area contributed by atoms with E-state index in [0.29, 0.717) is 11.5 Å². The van der Waals surface area contributed by atoms with E-state index < -0.39 is 0 Å². The van der Waals surface area contributed by atoms with Crippen molar-refractivity contribution in [3.63, 3.8) is 0 Å². The molecule has 2 rings (SSSR count). The highest BCUT2D eigenvalue weighted by molar-refractivity contribution is 5.98. The van der Waals surface area contributed by atoms with Crippen LogP contribution in [0.15, 0.2) is 24.3 Å². The number of benzene rings is 1. The van der Waals surface area contributed by atoms with Gasteiger partial charge in [-0.05, 0) is 44.0 Å². The third-order valence-electron chi connectivity index (χ3n) is 3.57. The zero-order valence-corrected chi connectivity index (χ0v) is 10.9. The van der Waals surface area contributed by atoms with Crippen LogP contribution in [-0.4, -0.2) is 32.6 Å². The fourth-order valence-corrected chi connectivity index (χ4v) is 2.56. The minimum absolute atomic E-state index is 0.359. The number of primary amides is 1. The molecule has 0 radical (unpaired) electrons. The number of nitrogens with zero attached hydrogens (tertiary/aromatic N) is 1. The Balaban J connectivity index is 2.08. The Kier molecular flexibility index (Phi) is 4.20. The molecule has 0 spiro atoms. The fourth-order valence-electron chi connectivity index (χ4n) is 2.56. The average Bonchev–Trinajstić information content (AvgIpc) is 2.40. The molecule has 4 nitrogen and oxygen atoms in total. The second kappa shape index (κ2) is 5.87. The summed E-state index contributed by atoms with van der Waals surface area (Å²) in [5.74, 6) is 0.333. The number of carbonyl (C=O) groups is 1. The Labute approximate surface area is 108 Å². The van der Waals surface area contributed by atoms with Gasteiger partial charge in [-0.15, -0.1) is 0 Å². The number of nitrogens with one attached hydrogen (secondary N) is 1. The van der Waals surface area contributed by atoms with Crippen molar-refractivity contribution in [1.29, 1.82) is 0 Å². The molecule has 0 aliphatic carbocycles. The van der Waals surface area contributed by atoms with Gasteiger partial charge in [0.1, 0.15) is 0 Å². The molecular weight excluding hydrogens is 226 g/mol. The zero-order chi connectivity index (χ0) is 13.0. The highest BCUT2D eigenvalue weighted by Gasteiger charge is 2.17. The molecular formula is C14H21N3O. The van der Waals surface area contributed by atoms with Crippen LogP contribution in [0.25, 0.3) is 0 Å². The quantitative estimate of drug-likeness (QED) is 0.841. The van der Waals surface area contributed by atoms with Crippen molar-refractivity contribution < 1.29 is 4.79 Å². The third-order valence-corrected chi connectivity index (χ3v) is 3.57. The molecule has 1 aromatic rings. The highest BCUT2D eigenvalue weighted by Crippen LogP contribution is 2.22. The topological polar surface area (TPSA) is 58.4 Å². The van der Waals surface area contributed by atoms with Gasteiger partial charge in [-0.25, -0.2) is 0 Å². The van der Waals surface area contributed by atoms with Crippen LogP contribution in [-0.2, 0) is 0 Å². The van der Waals surface area contributed by atoms with Crippen LogP contribution in [0.4, 0.5) is 5.69 Å². The first-order chi connectivity index (χ1) is 8.68. The Bertz CT molecular complexity index is 413. The molecule has 1 heterocycles. The number of hydrogen-bond acceptors (Lipinski definition) is 3. The molecule has 18 heavy (non-hydrogen) atoms. The highest BCUT2D eigenvalue weighted by atomic mass is 16.1. The van der Waals surface area contributed by atoms with Crippen LogP contribution < -0.4 is 16.0 Å². The van der Waals surface area contributed by atoms with Gasteiger partial charge in [0.15, 0.2) is 0 Å². The first-order valence-corrected chi connectivity index (χ1v) is 6.49. The number of amides is 1. The van der Waals surface area contributed by atoms with Gasteiger partial charge in [-0.2, -0.15) is 0 Å². The largest absolute Gasteiger partial charge is 0.374 e. The SMILES string of the molecule is CN(CC1CCNCC1)c1ccccc1C(N)=O. The summed E-state index contributed by atoms with van der Waals surface area (Å²) in [5.41, 5.74) is 6.95.